The second kappa shape index (κ2) is 4.00. The molecule has 0 saturated heterocycles. The maximum absolute atomic E-state index is 11.6. The zero-order chi connectivity index (χ0) is 11.0. The summed E-state index contributed by atoms with van der Waals surface area (Å²) >= 11 is 12.7. The van der Waals surface area contributed by atoms with Crippen molar-refractivity contribution >= 4 is 39.5 Å². The number of thiazole rings is 1. The van der Waals surface area contributed by atoms with Gasteiger partial charge in [0.25, 0.3) is 5.56 Å². The van der Waals surface area contributed by atoms with Gasteiger partial charge in [-0.2, -0.15) is 0 Å². The second-order valence-corrected chi connectivity index (χ2v) is 4.29. The Hall–Kier alpha value is -0.780. The van der Waals surface area contributed by atoms with E-state index >= 15 is 0 Å². The molecule has 7 heteroatoms. The maximum Gasteiger partial charge on any atom is 0.260 e. The number of hydrogen-bond donors (Lipinski definition) is 0. The highest BCUT2D eigenvalue weighted by atomic mass is 35.5. The highest BCUT2D eigenvalue weighted by Crippen LogP contribution is 2.32. The predicted molar refractivity (Wildman–Crippen MR) is 60.5 cm³/mol. The minimum atomic E-state index is -0.250. The molecule has 0 aliphatic carbocycles. The molecule has 2 rings (SSSR count). The Bertz CT molecular complexity index is 564. The Labute approximate surface area is 99.0 Å². The molecule has 2 heterocycles. The van der Waals surface area contributed by atoms with Crippen LogP contribution in [0.25, 0.3) is 4.96 Å². The molecular weight excluding hydrogens is 259 g/mol. The number of alkyl halides is 1. The van der Waals surface area contributed by atoms with Crippen LogP contribution in [0, 0.1) is 0 Å². The van der Waals surface area contributed by atoms with Crippen molar-refractivity contribution in [3.8, 4) is 5.06 Å². The highest BCUT2D eigenvalue weighted by molar-refractivity contribution is 7.19. The molecule has 0 aliphatic rings. The summed E-state index contributed by atoms with van der Waals surface area (Å²) in [6, 6.07) is 1.36. The summed E-state index contributed by atoms with van der Waals surface area (Å²) in [6.45, 7) is 0. The van der Waals surface area contributed by atoms with Gasteiger partial charge in [-0.1, -0.05) is 22.9 Å². The predicted octanol–water partition coefficient (Wildman–Crippen LogP) is 2.16. The molecule has 0 aliphatic heterocycles. The fraction of sp³-hybridized carbons (Fsp3) is 0.250. The van der Waals surface area contributed by atoms with Gasteiger partial charge in [-0.05, 0) is 0 Å². The monoisotopic (exact) mass is 264 g/mol. The normalized spacial score (nSPS) is 10.9. The van der Waals surface area contributed by atoms with Gasteiger partial charge in [-0.25, -0.2) is 9.38 Å². The van der Waals surface area contributed by atoms with Gasteiger partial charge in [0.1, 0.15) is 0 Å². The van der Waals surface area contributed by atoms with Crippen LogP contribution in [0.4, 0.5) is 0 Å². The lowest BCUT2D eigenvalue weighted by atomic mass is 10.4. The van der Waals surface area contributed by atoms with E-state index in [9.17, 15) is 4.79 Å². The first kappa shape index (κ1) is 10.7. The molecule has 0 N–H and O–H groups in total. The van der Waals surface area contributed by atoms with Crippen LogP contribution in [0.3, 0.4) is 0 Å². The third-order valence-corrected chi connectivity index (χ3v) is 3.54. The van der Waals surface area contributed by atoms with Crippen molar-refractivity contribution in [1.82, 2.24) is 9.38 Å². The number of halogens is 2. The second-order valence-electron chi connectivity index (χ2n) is 2.72. The van der Waals surface area contributed by atoms with E-state index in [1.54, 1.807) is 0 Å². The van der Waals surface area contributed by atoms with Crippen molar-refractivity contribution in [2.24, 2.45) is 0 Å². The van der Waals surface area contributed by atoms with E-state index in [0.717, 1.165) is 0 Å². The van der Waals surface area contributed by atoms with Crippen molar-refractivity contribution in [3.05, 3.63) is 27.3 Å². The van der Waals surface area contributed by atoms with Crippen LogP contribution in [-0.2, 0) is 5.88 Å². The van der Waals surface area contributed by atoms with Gasteiger partial charge in [0.15, 0.2) is 5.15 Å². The number of aromatic nitrogens is 2. The largest absolute Gasteiger partial charge is 0.485 e. The van der Waals surface area contributed by atoms with Gasteiger partial charge in [-0.3, -0.25) is 4.79 Å². The fourth-order valence-corrected chi connectivity index (χ4v) is 2.57. The molecule has 2 aromatic heterocycles. The van der Waals surface area contributed by atoms with E-state index in [1.807, 2.05) is 0 Å². The topological polar surface area (TPSA) is 43.6 Å². The lowest BCUT2D eigenvalue weighted by Gasteiger charge is -1.95. The Morgan fingerprint density at radius 3 is 3.00 bits per heavy atom. The van der Waals surface area contributed by atoms with Gasteiger partial charge in [0.2, 0.25) is 10.0 Å². The lowest BCUT2D eigenvalue weighted by Crippen LogP contribution is -2.13. The maximum atomic E-state index is 11.6. The van der Waals surface area contributed by atoms with Gasteiger partial charge in [0.05, 0.1) is 18.7 Å². The fourth-order valence-electron chi connectivity index (χ4n) is 1.17. The summed E-state index contributed by atoms with van der Waals surface area (Å²) in [5.74, 6) is 0.198. The van der Waals surface area contributed by atoms with Crippen LogP contribution in [0.2, 0.25) is 5.15 Å². The Kier molecular flexibility index (Phi) is 2.86. The molecule has 0 amide bonds. The molecule has 0 spiro atoms. The van der Waals surface area contributed by atoms with Crippen molar-refractivity contribution in [1.29, 1.82) is 0 Å². The Morgan fingerprint density at radius 1 is 1.67 bits per heavy atom. The van der Waals surface area contributed by atoms with Crippen molar-refractivity contribution in [3.63, 3.8) is 0 Å². The third kappa shape index (κ3) is 1.71. The summed E-state index contributed by atoms with van der Waals surface area (Å²) in [4.78, 5) is 16.3. The average Bonchev–Trinajstić information content (AvgIpc) is 2.55. The van der Waals surface area contributed by atoms with E-state index in [0.29, 0.717) is 15.7 Å². The lowest BCUT2D eigenvalue weighted by molar-refractivity contribution is 0.425. The Morgan fingerprint density at radius 2 is 2.40 bits per heavy atom. The molecule has 15 heavy (non-hydrogen) atoms. The highest BCUT2D eigenvalue weighted by Gasteiger charge is 2.13. The number of rotatable bonds is 2. The van der Waals surface area contributed by atoms with Crippen molar-refractivity contribution in [2.45, 2.75) is 5.88 Å². The quantitative estimate of drug-likeness (QED) is 0.781. The van der Waals surface area contributed by atoms with Gasteiger partial charge < -0.3 is 4.74 Å². The molecule has 2 aromatic rings. The van der Waals surface area contributed by atoms with Crippen molar-refractivity contribution < 1.29 is 4.74 Å². The van der Waals surface area contributed by atoms with E-state index in [4.69, 9.17) is 27.9 Å². The van der Waals surface area contributed by atoms with Crippen LogP contribution >= 0.6 is 34.5 Å². The molecule has 0 radical (unpaired) electrons. The zero-order valence-electron chi connectivity index (χ0n) is 7.66. The van der Waals surface area contributed by atoms with E-state index in [2.05, 4.69) is 4.98 Å². The van der Waals surface area contributed by atoms with Crippen LogP contribution < -0.4 is 10.3 Å². The summed E-state index contributed by atoms with van der Waals surface area (Å²) in [6.07, 6.45) is 0. The molecule has 0 unspecified atom stereocenters. The Balaban J connectivity index is 2.83. The smallest absolute Gasteiger partial charge is 0.260 e. The minimum Gasteiger partial charge on any atom is -0.485 e. The molecule has 80 valence electrons. The third-order valence-electron chi connectivity index (χ3n) is 1.81. The number of hydrogen-bond acceptors (Lipinski definition) is 4. The SMILES string of the molecule is COc1sc2nc(CCl)cc(=O)n2c1Cl. The first-order chi connectivity index (χ1) is 7.17. The summed E-state index contributed by atoms with van der Waals surface area (Å²) in [5.41, 5.74) is 0.280. The van der Waals surface area contributed by atoms with Crippen molar-refractivity contribution in [2.75, 3.05) is 7.11 Å². The molecule has 0 atom stereocenters. The van der Waals surface area contributed by atoms with Gasteiger partial charge in [-0.15, -0.1) is 11.6 Å². The number of methoxy groups -OCH3 is 1. The minimum absolute atomic E-state index is 0.198. The van der Waals surface area contributed by atoms with Gasteiger partial charge in [0, 0.05) is 6.07 Å². The zero-order valence-corrected chi connectivity index (χ0v) is 9.99. The summed E-state index contributed by atoms with van der Waals surface area (Å²) in [7, 11) is 1.49. The molecule has 0 fully saturated rings. The molecule has 0 aromatic carbocycles. The van der Waals surface area contributed by atoms with E-state index in [-0.39, 0.29) is 16.6 Å². The molecule has 4 nitrogen and oxygen atoms in total. The number of fused-ring (bicyclic) bond motifs is 1. The summed E-state index contributed by atoms with van der Waals surface area (Å²) < 4.78 is 6.31. The number of nitrogens with zero attached hydrogens (tertiary/aromatic N) is 2. The molecule has 0 bridgehead atoms. The summed E-state index contributed by atoms with van der Waals surface area (Å²) in [5, 5.41) is 0.712. The van der Waals surface area contributed by atoms with E-state index < -0.39 is 0 Å². The first-order valence-electron chi connectivity index (χ1n) is 3.98. The van der Waals surface area contributed by atoms with Crippen LogP contribution in [-0.4, -0.2) is 16.5 Å². The van der Waals surface area contributed by atoms with Crippen LogP contribution in [0.5, 0.6) is 5.06 Å². The molecule has 0 saturated carbocycles. The standard InChI is InChI=1S/C8H6Cl2N2O2S/c1-14-7-6(10)12-5(13)2-4(3-9)11-8(12)15-7/h2H,3H2,1H3. The molecular formula is C8H6Cl2N2O2S. The van der Waals surface area contributed by atoms with E-state index in [1.165, 1.54) is 28.9 Å². The number of ether oxygens (including phenoxy) is 1. The van der Waals surface area contributed by atoms with Crippen LogP contribution in [0.1, 0.15) is 5.69 Å². The average molecular weight is 265 g/mol. The van der Waals surface area contributed by atoms with Crippen LogP contribution in [0.15, 0.2) is 10.9 Å². The first-order valence-corrected chi connectivity index (χ1v) is 5.71. The van der Waals surface area contributed by atoms with Gasteiger partial charge >= 0.3 is 0 Å².